The summed E-state index contributed by atoms with van der Waals surface area (Å²) < 4.78 is 5.29. The van der Waals surface area contributed by atoms with Gasteiger partial charge in [0, 0.05) is 24.8 Å². The SMILES string of the molecule is CN(C(=O)c1ccc(C(N)=S)cc1)C1CCOC1. The molecule has 2 N–H and O–H groups in total. The van der Waals surface area contributed by atoms with E-state index in [4.69, 9.17) is 22.7 Å². The lowest BCUT2D eigenvalue weighted by molar-refractivity contribution is 0.0711. The first-order valence-corrected chi connectivity index (χ1v) is 6.25. The molecule has 1 saturated heterocycles. The highest BCUT2D eigenvalue weighted by atomic mass is 32.1. The summed E-state index contributed by atoms with van der Waals surface area (Å²) in [6, 6.07) is 7.22. The highest BCUT2D eigenvalue weighted by Gasteiger charge is 2.24. The molecule has 96 valence electrons. The summed E-state index contributed by atoms with van der Waals surface area (Å²) in [7, 11) is 1.81. The smallest absolute Gasteiger partial charge is 0.253 e. The Hall–Kier alpha value is -1.46. The number of thiocarbonyl (C=S) groups is 1. The van der Waals surface area contributed by atoms with Crippen LogP contribution in [0.15, 0.2) is 24.3 Å². The summed E-state index contributed by atoms with van der Waals surface area (Å²) in [6.45, 7) is 1.34. The molecule has 1 fully saturated rings. The molecule has 18 heavy (non-hydrogen) atoms. The fraction of sp³-hybridized carbons (Fsp3) is 0.385. The van der Waals surface area contributed by atoms with Crippen molar-refractivity contribution in [3.8, 4) is 0 Å². The average molecular weight is 264 g/mol. The van der Waals surface area contributed by atoms with Crippen LogP contribution in [0.4, 0.5) is 0 Å². The van der Waals surface area contributed by atoms with Crippen LogP contribution < -0.4 is 5.73 Å². The highest BCUT2D eigenvalue weighted by molar-refractivity contribution is 7.80. The summed E-state index contributed by atoms with van der Waals surface area (Å²) in [4.78, 5) is 14.3. The normalized spacial score (nSPS) is 18.6. The third-order valence-corrected chi connectivity index (χ3v) is 3.43. The van der Waals surface area contributed by atoms with Gasteiger partial charge in [-0.25, -0.2) is 0 Å². The van der Waals surface area contributed by atoms with Gasteiger partial charge in [0.05, 0.1) is 12.6 Å². The standard InChI is InChI=1S/C13H16N2O2S/c1-15(11-6-7-17-8-11)13(16)10-4-2-9(3-5-10)12(14)18/h2-5,11H,6-8H2,1H3,(H2,14,18). The molecule has 1 aromatic carbocycles. The van der Waals surface area contributed by atoms with Gasteiger partial charge >= 0.3 is 0 Å². The van der Waals surface area contributed by atoms with Gasteiger partial charge in [0.2, 0.25) is 0 Å². The van der Waals surface area contributed by atoms with Crippen LogP contribution in [0, 0.1) is 0 Å². The largest absolute Gasteiger partial charge is 0.389 e. The van der Waals surface area contributed by atoms with Crippen LogP contribution in [0.3, 0.4) is 0 Å². The molecule has 1 aliphatic rings. The number of hydrogen-bond acceptors (Lipinski definition) is 3. The molecule has 0 spiro atoms. The Morgan fingerprint density at radius 2 is 2.00 bits per heavy atom. The van der Waals surface area contributed by atoms with E-state index in [0.717, 1.165) is 18.6 Å². The number of hydrogen-bond donors (Lipinski definition) is 1. The molecule has 1 atom stereocenters. The number of benzene rings is 1. The minimum absolute atomic E-state index is 0.00000945. The van der Waals surface area contributed by atoms with E-state index in [1.165, 1.54) is 0 Å². The number of nitrogens with two attached hydrogens (primary N) is 1. The molecule has 1 aromatic rings. The Morgan fingerprint density at radius 1 is 1.39 bits per heavy atom. The van der Waals surface area contributed by atoms with Crippen LogP contribution in [-0.2, 0) is 4.74 Å². The van der Waals surface area contributed by atoms with Gasteiger partial charge in [0.1, 0.15) is 4.99 Å². The van der Waals surface area contributed by atoms with E-state index >= 15 is 0 Å². The predicted molar refractivity (Wildman–Crippen MR) is 73.6 cm³/mol. The van der Waals surface area contributed by atoms with E-state index in [2.05, 4.69) is 0 Å². The van der Waals surface area contributed by atoms with Gasteiger partial charge in [0.15, 0.2) is 0 Å². The summed E-state index contributed by atoms with van der Waals surface area (Å²) in [5.74, 6) is -0.00000945. The lowest BCUT2D eigenvalue weighted by Crippen LogP contribution is -2.37. The Bertz CT molecular complexity index is 453. The second-order valence-corrected chi connectivity index (χ2v) is 4.81. The van der Waals surface area contributed by atoms with E-state index in [-0.39, 0.29) is 11.9 Å². The van der Waals surface area contributed by atoms with Crippen LogP contribution in [0.2, 0.25) is 0 Å². The summed E-state index contributed by atoms with van der Waals surface area (Å²) in [5, 5.41) is 0. The van der Waals surface area contributed by atoms with Gasteiger partial charge in [-0.1, -0.05) is 24.4 Å². The molecular formula is C13H16N2O2S. The maximum atomic E-state index is 12.2. The van der Waals surface area contributed by atoms with Crippen LogP contribution in [-0.4, -0.2) is 42.1 Å². The lowest BCUT2D eigenvalue weighted by atomic mass is 10.1. The van der Waals surface area contributed by atoms with E-state index < -0.39 is 0 Å². The molecule has 0 aliphatic carbocycles. The first-order valence-electron chi connectivity index (χ1n) is 5.84. The van der Waals surface area contributed by atoms with E-state index in [9.17, 15) is 4.79 Å². The number of rotatable bonds is 3. The van der Waals surface area contributed by atoms with Crippen molar-refractivity contribution in [3.63, 3.8) is 0 Å². The number of ether oxygens (including phenoxy) is 1. The summed E-state index contributed by atoms with van der Waals surface area (Å²) in [5.41, 5.74) is 6.93. The first-order chi connectivity index (χ1) is 8.59. The van der Waals surface area contributed by atoms with Gasteiger partial charge in [-0.2, -0.15) is 0 Å². The molecule has 1 aliphatic heterocycles. The number of carbonyl (C=O) groups excluding carboxylic acids is 1. The van der Waals surface area contributed by atoms with E-state index in [1.807, 2.05) is 7.05 Å². The van der Waals surface area contributed by atoms with Crippen molar-refractivity contribution in [2.24, 2.45) is 5.73 Å². The topological polar surface area (TPSA) is 55.6 Å². The third kappa shape index (κ3) is 2.68. The predicted octanol–water partition coefficient (Wildman–Crippen LogP) is 1.18. The third-order valence-electron chi connectivity index (χ3n) is 3.19. The quantitative estimate of drug-likeness (QED) is 0.833. The molecule has 0 radical (unpaired) electrons. The van der Waals surface area contributed by atoms with Crippen molar-refractivity contribution < 1.29 is 9.53 Å². The molecular weight excluding hydrogens is 248 g/mol. The molecule has 1 unspecified atom stereocenters. The zero-order valence-electron chi connectivity index (χ0n) is 10.3. The first kappa shape index (κ1) is 13.0. The van der Waals surface area contributed by atoms with Crippen LogP contribution >= 0.6 is 12.2 Å². The molecule has 0 bridgehead atoms. The summed E-state index contributed by atoms with van der Waals surface area (Å²) in [6.07, 6.45) is 0.896. The van der Waals surface area contributed by atoms with Gasteiger partial charge in [-0.15, -0.1) is 0 Å². The number of likely N-dealkylation sites (N-methyl/N-ethyl adjacent to an activating group) is 1. The van der Waals surface area contributed by atoms with Gasteiger partial charge in [0.25, 0.3) is 5.91 Å². The number of amides is 1. The molecule has 1 amide bonds. The van der Waals surface area contributed by atoms with Crippen LogP contribution in [0.1, 0.15) is 22.3 Å². The van der Waals surface area contributed by atoms with Crippen molar-refractivity contribution >= 4 is 23.1 Å². The van der Waals surface area contributed by atoms with E-state index in [1.54, 1.807) is 29.2 Å². The number of carbonyl (C=O) groups is 1. The summed E-state index contributed by atoms with van der Waals surface area (Å²) >= 11 is 4.88. The maximum Gasteiger partial charge on any atom is 0.253 e. The van der Waals surface area contributed by atoms with Crippen molar-refractivity contribution in [1.29, 1.82) is 0 Å². The van der Waals surface area contributed by atoms with Gasteiger partial charge in [-0.05, 0) is 18.6 Å². The molecule has 4 nitrogen and oxygen atoms in total. The second kappa shape index (κ2) is 5.46. The van der Waals surface area contributed by atoms with Crippen molar-refractivity contribution in [1.82, 2.24) is 4.90 Å². The lowest BCUT2D eigenvalue weighted by Gasteiger charge is -2.23. The fourth-order valence-corrected chi connectivity index (χ4v) is 2.11. The van der Waals surface area contributed by atoms with Crippen molar-refractivity contribution in [3.05, 3.63) is 35.4 Å². The van der Waals surface area contributed by atoms with Crippen molar-refractivity contribution in [2.75, 3.05) is 20.3 Å². The second-order valence-electron chi connectivity index (χ2n) is 4.38. The monoisotopic (exact) mass is 264 g/mol. The van der Waals surface area contributed by atoms with E-state index in [0.29, 0.717) is 17.2 Å². The van der Waals surface area contributed by atoms with Crippen LogP contribution in [0.5, 0.6) is 0 Å². The molecule has 1 heterocycles. The van der Waals surface area contributed by atoms with Crippen LogP contribution in [0.25, 0.3) is 0 Å². The Kier molecular flexibility index (Phi) is 3.93. The average Bonchev–Trinajstić information content (AvgIpc) is 2.91. The Balaban J connectivity index is 2.10. The maximum absolute atomic E-state index is 12.2. The minimum atomic E-state index is -0.00000945. The van der Waals surface area contributed by atoms with Crippen molar-refractivity contribution in [2.45, 2.75) is 12.5 Å². The molecule has 5 heteroatoms. The highest BCUT2D eigenvalue weighted by Crippen LogP contribution is 2.14. The molecule has 0 saturated carbocycles. The fourth-order valence-electron chi connectivity index (χ4n) is 1.97. The minimum Gasteiger partial charge on any atom is -0.389 e. The number of nitrogens with zero attached hydrogens (tertiary/aromatic N) is 1. The van der Waals surface area contributed by atoms with Gasteiger partial charge in [-0.3, -0.25) is 4.79 Å². The molecule has 0 aromatic heterocycles. The zero-order chi connectivity index (χ0) is 13.1. The zero-order valence-corrected chi connectivity index (χ0v) is 11.1. The van der Waals surface area contributed by atoms with Gasteiger partial charge < -0.3 is 15.4 Å². The molecule has 2 rings (SSSR count). The Morgan fingerprint density at radius 3 is 2.50 bits per heavy atom. The Labute approximate surface area is 112 Å².